The molecule has 0 radical (unpaired) electrons. The van der Waals surface area contributed by atoms with Crippen molar-refractivity contribution in [3.05, 3.63) is 35.4 Å². The Morgan fingerprint density at radius 2 is 1.78 bits per heavy atom. The number of aliphatic imine (C=N–C) groups is 1. The number of nitrogens with zero attached hydrogens (tertiary/aromatic N) is 1. The van der Waals surface area contributed by atoms with Crippen LogP contribution in [0.15, 0.2) is 29.3 Å². The normalized spacial score (nSPS) is 25.6. The maximum absolute atomic E-state index is 11.9. The van der Waals surface area contributed by atoms with Gasteiger partial charge in [-0.2, -0.15) is 0 Å². The third-order valence-corrected chi connectivity index (χ3v) is 3.11. The average Bonchev–Trinajstić information content (AvgIpc) is 2.59. The Kier molecular flexibility index (Phi) is 1.87. The van der Waals surface area contributed by atoms with Gasteiger partial charge in [-0.05, 0) is 11.6 Å². The zero-order valence-electron chi connectivity index (χ0n) is 8.97. The van der Waals surface area contributed by atoms with Crippen molar-refractivity contribution in [2.45, 2.75) is 5.41 Å². The van der Waals surface area contributed by atoms with Crippen molar-refractivity contribution in [3.8, 4) is 0 Å². The number of carbonyl (C=O) groups is 4. The van der Waals surface area contributed by atoms with E-state index >= 15 is 0 Å². The van der Waals surface area contributed by atoms with Crippen LogP contribution in [0.25, 0.3) is 0 Å². The van der Waals surface area contributed by atoms with Gasteiger partial charge in [0.2, 0.25) is 5.78 Å². The van der Waals surface area contributed by atoms with E-state index < -0.39 is 28.9 Å². The van der Waals surface area contributed by atoms with Gasteiger partial charge >= 0.3 is 0 Å². The lowest BCUT2D eigenvalue weighted by Crippen LogP contribution is -2.45. The molecule has 1 fully saturated rings. The van der Waals surface area contributed by atoms with E-state index in [-0.39, 0.29) is 11.1 Å². The van der Waals surface area contributed by atoms with E-state index in [1.54, 1.807) is 12.1 Å². The number of fused-ring (bicyclic) bond motifs is 2. The lowest BCUT2D eigenvalue weighted by molar-refractivity contribution is -0.136. The third-order valence-electron chi connectivity index (χ3n) is 3.11. The molecule has 0 bridgehead atoms. The van der Waals surface area contributed by atoms with Crippen molar-refractivity contribution in [3.63, 3.8) is 0 Å². The van der Waals surface area contributed by atoms with Crippen LogP contribution in [-0.2, 0) is 19.8 Å². The fraction of sp³-hybridized carbons (Fsp3) is 0.0833. The van der Waals surface area contributed by atoms with Gasteiger partial charge in [0, 0.05) is 11.8 Å². The van der Waals surface area contributed by atoms with Gasteiger partial charge in [0.25, 0.3) is 17.7 Å². The van der Waals surface area contributed by atoms with Crippen molar-refractivity contribution in [1.29, 1.82) is 0 Å². The average molecular weight is 242 g/mol. The number of carbonyl (C=O) groups excluding carboxylic acids is 4. The van der Waals surface area contributed by atoms with Gasteiger partial charge in [-0.3, -0.25) is 24.5 Å². The zero-order chi connectivity index (χ0) is 12.9. The van der Waals surface area contributed by atoms with Crippen molar-refractivity contribution in [2.75, 3.05) is 0 Å². The van der Waals surface area contributed by atoms with Crippen LogP contribution in [0.1, 0.15) is 15.9 Å². The minimum absolute atomic E-state index is 0.165. The lowest BCUT2D eigenvalue weighted by atomic mass is 9.75. The summed E-state index contributed by atoms with van der Waals surface area (Å²) >= 11 is 0. The summed E-state index contributed by atoms with van der Waals surface area (Å²) in [5.74, 6) is -3.18. The van der Waals surface area contributed by atoms with Crippen LogP contribution in [0, 0.1) is 0 Å². The highest BCUT2D eigenvalue weighted by molar-refractivity contribution is 6.57. The number of imide groups is 1. The monoisotopic (exact) mass is 242 g/mol. The maximum atomic E-state index is 11.9. The van der Waals surface area contributed by atoms with Crippen LogP contribution in [0.4, 0.5) is 0 Å². The van der Waals surface area contributed by atoms with Crippen LogP contribution in [0.5, 0.6) is 0 Å². The van der Waals surface area contributed by atoms with Crippen molar-refractivity contribution in [2.24, 2.45) is 4.99 Å². The van der Waals surface area contributed by atoms with E-state index in [1.807, 2.05) is 5.32 Å². The maximum Gasteiger partial charge on any atom is 0.295 e. The summed E-state index contributed by atoms with van der Waals surface area (Å²) in [7, 11) is 0. The van der Waals surface area contributed by atoms with E-state index in [1.165, 1.54) is 12.1 Å². The van der Waals surface area contributed by atoms with Gasteiger partial charge in [0.15, 0.2) is 5.41 Å². The molecule has 3 rings (SSSR count). The van der Waals surface area contributed by atoms with E-state index in [0.717, 1.165) is 6.21 Å². The molecule has 0 aromatic heterocycles. The van der Waals surface area contributed by atoms with E-state index in [0.29, 0.717) is 0 Å². The smallest absolute Gasteiger partial charge is 0.288 e. The molecule has 2 aliphatic heterocycles. The first kappa shape index (κ1) is 10.5. The second-order valence-electron chi connectivity index (χ2n) is 4.03. The molecule has 0 aliphatic carbocycles. The molecule has 2 heterocycles. The van der Waals surface area contributed by atoms with E-state index in [4.69, 9.17) is 0 Å². The van der Waals surface area contributed by atoms with Crippen molar-refractivity contribution < 1.29 is 19.2 Å². The molecule has 1 aromatic rings. The first-order chi connectivity index (χ1) is 8.57. The largest absolute Gasteiger partial charge is 0.295 e. The number of amides is 3. The highest BCUT2D eigenvalue weighted by Crippen LogP contribution is 2.33. The highest BCUT2D eigenvalue weighted by Gasteiger charge is 2.57. The van der Waals surface area contributed by atoms with Gasteiger partial charge in [0.1, 0.15) is 0 Å². The number of nitrogens with one attached hydrogen (secondary N) is 1. The summed E-state index contributed by atoms with van der Waals surface area (Å²) in [4.78, 5) is 50.3. The first-order valence-corrected chi connectivity index (χ1v) is 5.16. The predicted octanol–water partition coefficient (Wildman–Crippen LogP) is -0.626. The molecule has 1 aromatic carbocycles. The second-order valence-corrected chi connectivity index (χ2v) is 4.03. The Labute approximate surface area is 101 Å². The topological polar surface area (TPSA) is 92.7 Å². The van der Waals surface area contributed by atoms with E-state index in [2.05, 4.69) is 4.99 Å². The van der Waals surface area contributed by atoms with Gasteiger partial charge in [-0.25, -0.2) is 4.99 Å². The Bertz CT molecular complexity index is 662. The molecule has 18 heavy (non-hydrogen) atoms. The molecule has 1 atom stereocenters. The summed E-state index contributed by atoms with van der Waals surface area (Å²) < 4.78 is 0. The summed E-state index contributed by atoms with van der Waals surface area (Å²) in [6.07, 6.45) is 0.959. The van der Waals surface area contributed by atoms with Crippen LogP contribution in [0.2, 0.25) is 0 Å². The van der Waals surface area contributed by atoms with Gasteiger partial charge in [0.05, 0.1) is 0 Å². The minimum atomic E-state index is -1.78. The van der Waals surface area contributed by atoms with Gasteiger partial charge in [-0.1, -0.05) is 18.2 Å². The molecule has 0 saturated carbocycles. The number of benzene rings is 1. The molecule has 1 N–H and O–H groups in total. The van der Waals surface area contributed by atoms with Crippen LogP contribution in [-0.4, -0.2) is 29.7 Å². The molecule has 1 spiro atoms. The molecular formula is C12H6N2O4. The minimum Gasteiger partial charge on any atom is -0.288 e. The summed E-state index contributed by atoms with van der Waals surface area (Å²) in [5, 5.41) is 1.95. The number of Topliss-reactive ketones (excluding diaryl/α,β-unsaturated/α-hetero) is 1. The Balaban J connectivity index is 2.35. The molecule has 6 heteroatoms. The SMILES string of the molecule is O=C1NC(=O)C2(C=NC(=O)c3ccccc32)C1=O. The van der Waals surface area contributed by atoms with E-state index in [9.17, 15) is 19.2 Å². The highest BCUT2D eigenvalue weighted by atomic mass is 16.2. The molecule has 6 nitrogen and oxygen atoms in total. The quantitative estimate of drug-likeness (QED) is 0.372. The van der Waals surface area contributed by atoms with Gasteiger partial charge in [-0.15, -0.1) is 0 Å². The number of ketones is 1. The summed E-state index contributed by atoms with van der Waals surface area (Å²) in [6, 6.07) is 6.15. The summed E-state index contributed by atoms with van der Waals surface area (Å²) in [5.41, 5.74) is -1.40. The first-order valence-electron chi connectivity index (χ1n) is 5.16. The van der Waals surface area contributed by atoms with Crippen LogP contribution in [0.3, 0.4) is 0 Å². The zero-order valence-corrected chi connectivity index (χ0v) is 8.97. The fourth-order valence-corrected chi connectivity index (χ4v) is 2.21. The summed E-state index contributed by atoms with van der Waals surface area (Å²) in [6.45, 7) is 0. The fourth-order valence-electron chi connectivity index (χ4n) is 2.21. The number of rotatable bonds is 0. The standard InChI is InChI=1S/C12H6N2O4/c15-8-10(17)14-11(18)12(8)5-13-9(16)6-3-1-2-4-7(6)12/h1-5H,(H,14,17,18). The number of hydrogen-bond donors (Lipinski definition) is 1. The number of hydrogen-bond acceptors (Lipinski definition) is 4. The molecule has 1 saturated heterocycles. The molecule has 1 unspecified atom stereocenters. The molecule has 88 valence electrons. The van der Waals surface area contributed by atoms with Crippen molar-refractivity contribution in [1.82, 2.24) is 5.32 Å². The Morgan fingerprint density at radius 3 is 2.44 bits per heavy atom. The Morgan fingerprint density at radius 1 is 1.06 bits per heavy atom. The third kappa shape index (κ3) is 1.04. The van der Waals surface area contributed by atoms with Crippen molar-refractivity contribution >= 4 is 29.7 Å². The predicted molar refractivity (Wildman–Crippen MR) is 59.1 cm³/mol. The van der Waals surface area contributed by atoms with Crippen LogP contribution >= 0.6 is 0 Å². The lowest BCUT2D eigenvalue weighted by Gasteiger charge is -2.24. The van der Waals surface area contributed by atoms with Gasteiger partial charge < -0.3 is 0 Å². The Hall–Kier alpha value is -2.63. The molecule has 3 amide bonds. The molecule has 2 aliphatic rings. The molecular weight excluding hydrogens is 236 g/mol. The second kappa shape index (κ2) is 3.19. The van der Waals surface area contributed by atoms with Crippen LogP contribution < -0.4 is 5.32 Å².